The van der Waals surface area contributed by atoms with Crippen LogP contribution in [0.25, 0.3) is 0 Å². The van der Waals surface area contributed by atoms with Gasteiger partial charge in [-0.2, -0.15) is 5.26 Å². The van der Waals surface area contributed by atoms with Gasteiger partial charge in [0.25, 0.3) is 0 Å². The first-order valence-corrected chi connectivity index (χ1v) is 10.8. The summed E-state index contributed by atoms with van der Waals surface area (Å²) in [5.41, 5.74) is -0.160. The fourth-order valence-corrected chi connectivity index (χ4v) is 4.80. The van der Waals surface area contributed by atoms with Crippen molar-refractivity contribution in [2.24, 2.45) is 35.0 Å². The Labute approximate surface area is 160 Å². The van der Waals surface area contributed by atoms with E-state index in [4.69, 9.17) is 0 Å². The molecule has 0 aliphatic heterocycles. The highest BCUT2D eigenvalue weighted by Gasteiger charge is 2.40. The highest BCUT2D eigenvalue weighted by Crippen LogP contribution is 2.46. The number of rotatable bonds is 6. The van der Waals surface area contributed by atoms with Crippen molar-refractivity contribution in [1.82, 2.24) is 0 Å². The molecule has 140 valence electrons. The van der Waals surface area contributed by atoms with E-state index in [-0.39, 0.29) is 5.41 Å². The molecule has 1 fully saturated rings. The molecule has 1 saturated carbocycles. The fraction of sp³-hybridized carbons (Fsp3) is 0.640. The Hall–Kier alpha value is -1.55. The monoisotopic (exact) mass is 349 g/mol. The van der Waals surface area contributed by atoms with E-state index in [0.717, 1.165) is 18.8 Å². The van der Waals surface area contributed by atoms with Crippen LogP contribution in [-0.2, 0) is 0 Å². The van der Waals surface area contributed by atoms with Gasteiger partial charge in [-0.05, 0) is 43.9 Å². The van der Waals surface area contributed by atoms with Gasteiger partial charge in [0, 0.05) is 17.8 Å². The molecule has 26 heavy (non-hydrogen) atoms. The van der Waals surface area contributed by atoms with Crippen molar-refractivity contribution in [1.29, 1.82) is 5.26 Å². The van der Waals surface area contributed by atoms with E-state index in [1.807, 2.05) is 0 Å². The first-order chi connectivity index (χ1) is 12.7. The summed E-state index contributed by atoms with van der Waals surface area (Å²) >= 11 is 0. The summed E-state index contributed by atoms with van der Waals surface area (Å²) in [4.78, 5) is 0. The summed E-state index contributed by atoms with van der Waals surface area (Å²) in [6.07, 6.45) is 28.8. The van der Waals surface area contributed by atoms with Gasteiger partial charge in [0.2, 0.25) is 0 Å². The zero-order valence-electron chi connectivity index (χ0n) is 16.6. The van der Waals surface area contributed by atoms with E-state index in [1.165, 1.54) is 38.5 Å². The molecule has 0 aromatic carbocycles. The van der Waals surface area contributed by atoms with Crippen molar-refractivity contribution in [3.63, 3.8) is 0 Å². The third-order valence-corrected chi connectivity index (χ3v) is 6.86. The minimum absolute atomic E-state index is 0.160. The van der Waals surface area contributed by atoms with Crippen LogP contribution in [0.3, 0.4) is 0 Å². The molecule has 0 aromatic heterocycles. The van der Waals surface area contributed by atoms with E-state index in [2.05, 4.69) is 68.5 Å². The Balaban J connectivity index is 1.56. The Kier molecular flexibility index (Phi) is 6.58. The molecule has 0 saturated heterocycles. The number of unbranched alkanes of at least 4 members (excludes halogenated alkanes) is 2. The molecule has 0 aromatic rings. The van der Waals surface area contributed by atoms with E-state index < -0.39 is 0 Å². The van der Waals surface area contributed by atoms with Crippen LogP contribution in [0.15, 0.2) is 48.6 Å². The van der Waals surface area contributed by atoms with Crippen LogP contribution >= 0.6 is 0 Å². The minimum atomic E-state index is -0.160. The second-order valence-corrected chi connectivity index (χ2v) is 8.83. The van der Waals surface area contributed by atoms with Gasteiger partial charge >= 0.3 is 0 Å². The summed E-state index contributed by atoms with van der Waals surface area (Å²) in [6.45, 7) is 4.59. The lowest BCUT2D eigenvalue weighted by atomic mass is 9.63. The summed E-state index contributed by atoms with van der Waals surface area (Å²) in [7, 11) is 0. The SMILES string of the molecule is CCCCCC1C=CC(C2C=CC(C3(C#N)CCC(C)CC3)C=C2)C=C1. The van der Waals surface area contributed by atoms with Crippen molar-refractivity contribution in [2.45, 2.75) is 65.2 Å². The smallest absolute Gasteiger partial charge is 0.0699 e. The van der Waals surface area contributed by atoms with E-state index >= 15 is 0 Å². The second-order valence-electron chi connectivity index (χ2n) is 8.83. The highest BCUT2D eigenvalue weighted by molar-refractivity contribution is 5.27. The topological polar surface area (TPSA) is 23.8 Å². The van der Waals surface area contributed by atoms with Crippen LogP contribution < -0.4 is 0 Å². The predicted octanol–water partition coefficient (Wildman–Crippen LogP) is 7.00. The lowest BCUT2D eigenvalue weighted by Crippen LogP contribution is -2.32. The van der Waals surface area contributed by atoms with Crippen molar-refractivity contribution in [2.75, 3.05) is 0 Å². The van der Waals surface area contributed by atoms with Crippen LogP contribution in [-0.4, -0.2) is 0 Å². The maximum absolute atomic E-state index is 9.87. The first-order valence-electron chi connectivity index (χ1n) is 10.8. The zero-order chi connectivity index (χ0) is 18.4. The molecule has 3 rings (SSSR count). The minimum Gasteiger partial charge on any atom is -0.198 e. The van der Waals surface area contributed by atoms with Gasteiger partial charge in [-0.1, -0.05) is 81.7 Å². The largest absolute Gasteiger partial charge is 0.198 e. The van der Waals surface area contributed by atoms with Gasteiger partial charge in [-0.15, -0.1) is 0 Å². The standard InChI is InChI=1S/C25H35N/c1-3-4-5-6-21-7-9-22(10-8-21)23-11-13-24(14-12-23)25(19-26)17-15-20(2)16-18-25/h7-14,20-24H,3-6,15-18H2,1-2H3. The molecule has 1 heteroatoms. The van der Waals surface area contributed by atoms with Gasteiger partial charge in [0.15, 0.2) is 0 Å². The normalized spacial score (nSPS) is 39.0. The summed E-state index contributed by atoms with van der Waals surface area (Å²) in [5.74, 6) is 2.65. The Morgan fingerprint density at radius 1 is 0.885 bits per heavy atom. The molecule has 0 radical (unpaired) electrons. The molecule has 0 amide bonds. The maximum atomic E-state index is 9.87. The van der Waals surface area contributed by atoms with Crippen LogP contribution in [0.4, 0.5) is 0 Å². The van der Waals surface area contributed by atoms with Gasteiger partial charge in [-0.3, -0.25) is 0 Å². The quantitative estimate of drug-likeness (QED) is 0.374. The summed E-state index contributed by atoms with van der Waals surface area (Å²) in [6, 6.07) is 2.70. The summed E-state index contributed by atoms with van der Waals surface area (Å²) in [5, 5.41) is 9.87. The molecule has 3 aliphatic carbocycles. The van der Waals surface area contributed by atoms with Crippen LogP contribution in [0.2, 0.25) is 0 Å². The molecule has 0 N–H and O–H groups in total. The second kappa shape index (κ2) is 8.90. The average Bonchev–Trinajstić information content (AvgIpc) is 2.70. The Bertz CT molecular complexity index is 579. The fourth-order valence-electron chi connectivity index (χ4n) is 4.80. The highest BCUT2D eigenvalue weighted by atomic mass is 14.5. The van der Waals surface area contributed by atoms with Crippen molar-refractivity contribution < 1.29 is 0 Å². The molecule has 0 heterocycles. The van der Waals surface area contributed by atoms with E-state index in [0.29, 0.717) is 23.7 Å². The number of hydrogen-bond donors (Lipinski definition) is 0. The van der Waals surface area contributed by atoms with Crippen molar-refractivity contribution >= 4 is 0 Å². The van der Waals surface area contributed by atoms with Gasteiger partial charge in [0.1, 0.15) is 0 Å². The van der Waals surface area contributed by atoms with Crippen LogP contribution in [0.1, 0.15) is 65.2 Å². The Morgan fingerprint density at radius 2 is 1.46 bits per heavy atom. The molecule has 0 unspecified atom stereocenters. The molecular formula is C25H35N. The van der Waals surface area contributed by atoms with Gasteiger partial charge < -0.3 is 0 Å². The van der Waals surface area contributed by atoms with E-state index in [1.54, 1.807) is 0 Å². The Morgan fingerprint density at radius 3 is 2.00 bits per heavy atom. The molecule has 0 atom stereocenters. The van der Waals surface area contributed by atoms with Crippen LogP contribution in [0, 0.1) is 46.3 Å². The molecule has 1 nitrogen and oxygen atoms in total. The zero-order valence-corrected chi connectivity index (χ0v) is 16.6. The van der Waals surface area contributed by atoms with Crippen molar-refractivity contribution in [3.8, 4) is 6.07 Å². The summed E-state index contributed by atoms with van der Waals surface area (Å²) < 4.78 is 0. The molecule has 3 aliphatic rings. The first kappa shape index (κ1) is 19.2. The van der Waals surface area contributed by atoms with E-state index in [9.17, 15) is 5.26 Å². The number of hydrogen-bond acceptors (Lipinski definition) is 1. The lowest BCUT2D eigenvalue weighted by molar-refractivity contribution is 0.186. The third kappa shape index (κ3) is 4.40. The third-order valence-electron chi connectivity index (χ3n) is 6.86. The predicted molar refractivity (Wildman–Crippen MR) is 110 cm³/mol. The van der Waals surface area contributed by atoms with Crippen LogP contribution in [0.5, 0.6) is 0 Å². The number of nitriles is 1. The van der Waals surface area contributed by atoms with Gasteiger partial charge in [-0.25, -0.2) is 0 Å². The average molecular weight is 350 g/mol. The lowest BCUT2D eigenvalue weighted by Gasteiger charge is -2.39. The maximum Gasteiger partial charge on any atom is 0.0699 e. The molecule has 0 bridgehead atoms. The van der Waals surface area contributed by atoms with Crippen molar-refractivity contribution in [3.05, 3.63) is 48.6 Å². The number of allylic oxidation sites excluding steroid dienone is 8. The van der Waals surface area contributed by atoms with Gasteiger partial charge in [0.05, 0.1) is 11.5 Å². The molecular weight excluding hydrogens is 314 g/mol. The molecule has 0 spiro atoms. The number of nitrogens with zero attached hydrogens (tertiary/aromatic N) is 1.